The molecule has 1 N–H and O–H groups in total. The van der Waals surface area contributed by atoms with Gasteiger partial charge in [0.25, 0.3) is 5.01 Å². The molecule has 2 aromatic heterocycles. The maximum Gasteiger partial charge on any atom is 0.389 e. The van der Waals surface area contributed by atoms with Crippen LogP contribution in [0.15, 0.2) is 21.5 Å². The maximum atomic E-state index is 12.5. The van der Waals surface area contributed by atoms with E-state index in [4.69, 9.17) is 23.2 Å². The number of likely N-dealkylation sites (tertiary alicyclic amines) is 1. The zero-order valence-electron chi connectivity index (χ0n) is 14.1. The number of thiazole rings is 1. The molecule has 0 aliphatic carbocycles. The summed E-state index contributed by atoms with van der Waals surface area (Å²) in [6, 6.07) is 0.0387. The summed E-state index contributed by atoms with van der Waals surface area (Å²) >= 11 is 14.1. The molecular formula is C15H15Cl2N5O3S2. The SMILES string of the molecule is CN1CCC(NC(=O)c2nc([N+](=O)[O-])c(Sc3c(Cl)cncc3Cl)s2)CC1. The van der Waals surface area contributed by atoms with Crippen LogP contribution in [-0.2, 0) is 0 Å². The van der Waals surface area contributed by atoms with Gasteiger partial charge >= 0.3 is 11.7 Å². The van der Waals surface area contributed by atoms with Crippen LogP contribution in [0.3, 0.4) is 0 Å². The van der Waals surface area contributed by atoms with Crippen LogP contribution in [0, 0.1) is 10.1 Å². The van der Waals surface area contributed by atoms with E-state index in [2.05, 4.69) is 20.2 Å². The molecule has 0 bridgehead atoms. The Balaban J connectivity index is 1.81. The van der Waals surface area contributed by atoms with Gasteiger partial charge in [-0.2, -0.15) is 0 Å². The van der Waals surface area contributed by atoms with Crippen LogP contribution in [0.25, 0.3) is 0 Å². The number of halogens is 2. The summed E-state index contributed by atoms with van der Waals surface area (Å²) in [4.78, 5) is 33.6. The number of carbonyl (C=O) groups excluding carboxylic acids is 1. The molecule has 8 nitrogen and oxygen atoms in total. The Morgan fingerprint density at radius 1 is 1.37 bits per heavy atom. The van der Waals surface area contributed by atoms with Gasteiger partial charge in [-0.15, -0.1) is 0 Å². The number of pyridine rings is 1. The van der Waals surface area contributed by atoms with E-state index in [1.54, 1.807) is 0 Å². The normalized spacial score (nSPS) is 15.7. The molecule has 0 atom stereocenters. The summed E-state index contributed by atoms with van der Waals surface area (Å²) in [5.74, 6) is -0.793. The minimum Gasteiger partial charge on any atom is -0.358 e. The van der Waals surface area contributed by atoms with Crippen molar-refractivity contribution in [1.29, 1.82) is 0 Å². The highest BCUT2D eigenvalue weighted by Gasteiger charge is 2.30. The van der Waals surface area contributed by atoms with Gasteiger partial charge in [-0.05, 0) is 42.9 Å². The molecule has 144 valence electrons. The van der Waals surface area contributed by atoms with Crippen molar-refractivity contribution in [3.05, 3.63) is 37.6 Å². The number of hydrogen-bond acceptors (Lipinski definition) is 8. The highest BCUT2D eigenvalue weighted by atomic mass is 35.5. The van der Waals surface area contributed by atoms with E-state index in [1.807, 2.05) is 7.05 Å². The molecule has 2 aromatic rings. The lowest BCUT2D eigenvalue weighted by Gasteiger charge is -2.28. The van der Waals surface area contributed by atoms with Crippen molar-refractivity contribution in [2.75, 3.05) is 20.1 Å². The first-order valence-electron chi connectivity index (χ1n) is 7.96. The molecule has 1 aliphatic rings. The second-order valence-corrected chi connectivity index (χ2v) is 9.07. The standard InChI is InChI=1S/C15H15Cl2N5O3S2/c1-21-4-2-8(3-5-21)19-13(23)14-20-12(22(24)25)15(27-14)26-11-9(16)6-18-7-10(11)17/h6-8H,2-5H2,1H3,(H,19,23). The highest BCUT2D eigenvalue weighted by molar-refractivity contribution is 8.01. The van der Waals surface area contributed by atoms with Gasteiger partial charge in [0.2, 0.25) is 0 Å². The molecule has 1 amide bonds. The monoisotopic (exact) mass is 447 g/mol. The van der Waals surface area contributed by atoms with Crippen molar-refractivity contribution in [3.63, 3.8) is 0 Å². The van der Waals surface area contributed by atoms with Crippen LogP contribution in [-0.4, -0.2) is 51.9 Å². The third-order valence-electron chi connectivity index (χ3n) is 4.00. The third-order valence-corrected chi connectivity index (χ3v) is 7.15. The predicted octanol–water partition coefficient (Wildman–Crippen LogP) is 3.73. The molecule has 1 aliphatic heterocycles. The Kier molecular flexibility index (Phi) is 6.53. The number of carbonyl (C=O) groups is 1. The van der Waals surface area contributed by atoms with E-state index in [0.29, 0.717) is 4.90 Å². The van der Waals surface area contributed by atoms with Gasteiger partial charge in [0.1, 0.15) is 0 Å². The summed E-state index contributed by atoms with van der Waals surface area (Å²) in [5.41, 5.74) is 0. The van der Waals surface area contributed by atoms with Crippen molar-refractivity contribution in [1.82, 2.24) is 20.2 Å². The lowest BCUT2D eigenvalue weighted by molar-refractivity contribution is -0.391. The topological polar surface area (TPSA) is 101 Å². The Hall–Kier alpha value is -1.46. The third kappa shape index (κ3) is 4.88. The average molecular weight is 448 g/mol. The second kappa shape index (κ2) is 8.70. The van der Waals surface area contributed by atoms with Crippen LogP contribution in [0.4, 0.5) is 5.82 Å². The summed E-state index contributed by atoms with van der Waals surface area (Å²) in [7, 11) is 2.03. The molecule has 0 saturated carbocycles. The lowest BCUT2D eigenvalue weighted by atomic mass is 10.1. The Labute approximate surface area is 173 Å². The predicted molar refractivity (Wildman–Crippen MR) is 105 cm³/mol. The number of rotatable bonds is 5. The first-order valence-corrected chi connectivity index (χ1v) is 10.4. The molecule has 0 unspecified atom stereocenters. The van der Waals surface area contributed by atoms with E-state index in [1.165, 1.54) is 12.4 Å². The van der Waals surface area contributed by atoms with Crippen LogP contribution < -0.4 is 5.32 Å². The van der Waals surface area contributed by atoms with E-state index in [-0.39, 0.29) is 31.1 Å². The summed E-state index contributed by atoms with van der Waals surface area (Å²) in [5, 5.41) is 14.9. The number of aromatic nitrogens is 2. The van der Waals surface area contributed by atoms with Crippen molar-refractivity contribution in [2.24, 2.45) is 0 Å². The number of nitrogens with one attached hydrogen (secondary N) is 1. The zero-order valence-corrected chi connectivity index (χ0v) is 17.3. The molecule has 0 aromatic carbocycles. The zero-order chi connectivity index (χ0) is 19.6. The van der Waals surface area contributed by atoms with E-state index in [0.717, 1.165) is 49.0 Å². The molecule has 3 rings (SSSR count). The van der Waals surface area contributed by atoms with Crippen LogP contribution >= 0.6 is 46.3 Å². The first-order chi connectivity index (χ1) is 12.8. The molecule has 3 heterocycles. The molecule has 1 fully saturated rings. The molecular weight excluding hydrogens is 433 g/mol. The first kappa shape index (κ1) is 20.3. The molecule has 27 heavy (non-hydrogen) atoms. The fourth-order valence-electron chi connectivity index (χ4n) is 2.57. The number of nitro groups is 1. The smallest absolute Gasteiger partial charge is 0.358 e. The minimum absolute atomic E-state index is 0.0387. The Morgan fingerprint density at radius 3 is 2.59 bits per heavy atom. The number of piperidine rings is 1. The molecule has 1 saturated heterocycles. The van der Waals surface area contributed by atoms with Crippen LogP contribution in [0.5, 0.6) is 0 Å². The van der Waals surface area contributed by atoms with E-state index >= 15 is 0 Å². The number of nitrogens with zero attached hydrogens (tertiary/aromatic N) is 4. The molecule has 0 radical (unpaired) electrons. The van der Waals surface area contributed by atoms with Crippen molar-refractivity contribution in [2.45, 2.75) is 28.0 Å². The van der Waals surface area contributed by atoms with Gasteiger partial charge in [-0.3, -0.25) is 9.78 Å². The Bertz CT molecular complexity index is 851. The minimum atomic E-state index is -0.617. The number of hydrogen-bond donors (Lipinski definition) is 1. The van der Waals surface area contributed by atoms with Gasteiger partial charge < -0.3 is 20.3 Å². The maximum absolute atomic E-state index is 12.5. The number of amides is 1. The van der Waals surface area contributed by atoms with Gasteiger partial charge in [0, 0.05) is 18.4 Å². The fraction of sp³-hybridized carbons (Fsp3) is 0.400. The highest BCUT2D eigenvalue weighted by Crippen LogP contribution is 2.44. The largest absolute Gasteiger partial charge is 0.389 e. The van der Waals surface area contributed by atoms with Gasteiger partial charge in [0.15, 0.2) is 4.21 Å². The van der Waals surface area contributed by atoms with Crippen molar-refractivity contribution in [3.8, 4) is 0 Å². The Morgan fingerprint density at radius 2 is 2.00 bits per heavy atom. The van der Waals surface area contributed by atoms with Crippen molar-refractivity contribution >= 4 is 58.0 Å². The summed E-state index contributed by atoms with van der Waals surface area (Å²) < 4.78 is 0.239. The van der Waals surface area contributed by atoms with Crippen LogP contribution in [0.2, 0.25) is 10.0 Å². The lowest BCUT2D eigenvalue weighted by Crippen LogP contribution is -2.43. The van der Waals surface area contributed by atoms with Gasteiger partial charge in [-0.1, -0.05) is 46.3 Å². The van der Waals surface area contributed by atoms with Crippen molar-refractivity contribution < 1.29 is 9.72 Å². The van der Waals surface area contributed by atoms with E-state index in [9.17, 15) is 14.9 Å². The summed E-state index contributed by atoms with van der Waals surface area (Å²) in [6.07, 6.45) is 4.46. The summed E-state index contributed by atoms with van der Waals surface area (Å²) in [6.45, 7) is 1.78. The molecule has 0 spiro atoms. The van der Waals surface area contributed by atoms with E-state index < -0.39 is 10.8 Å². The van der Waals surface area contributed by atoms with Crippen LogP contribution in [0.1, 0.15) is 22.6 Å². The molecule has 12 heteroatoms. The second-order valence-electron chi connectivity index (χ2n) is 5.97. The fourth-order valence-corrected chi connectivity index (χ4v) is 5.18. The quantitative estimate of drug-likeness (QED) is 0.549. The average Bonchev–Trinajstić information content (AvgIpc) is 3.05. The van der Waals surface area contributed by atoms with Gasteiger partial charge in [0.05, 0.1) is 14.9 Å². The van der Waals surface area contributed by atoms with Gasteiger partial charge in [-0.25, -0.2) is 0 Å².